The summed E-state index contributed by atoms with van der Waals surface area (Å²) >= 11 is 0. The monoisotopic (exact) mass is 354 g/mol. The number of aromatic amines is 1. The minimum absolute atomic E-state index is 0.214. The van der Waals surface area contributed by atoms with Crippen molar-refractivity contribution in [3.05, 3.63) is 59.9 Å². The van der Waals surface area contributed by atoms with E-state index in [0.717, 1.165) is 11.4 Å². The lowest BCUT2D eigenvalue weighted by molar-refractivity contribution is 0.0932. The summed E-state index contributed by atoms with van der Waals surface area (Å²) in [4.78, 5) is 12.4. The van der Waals surface area contributed by atoms with Crippen molar-refractivity contribution in [3.63, 3.8) is 0 Å². The molecule has 0 saturated heterocycles. The number of carbonyl (C=O) groups is 1. The number of hydrogen-bond donors (Lipinski definition) is 2. The average molecular weight is 354 g/mol. The van der Waals surface area contributed by atoms with Gasteiger partial charge in [-0.15, -0.1) is 10.2 Å². The Morgan fingerprint density at radius 3 is 2.77 bits per heavy atom. The molecule has 26 heavy (non-hydrogen) atoms. The van der Waals surface area contributed by atoms with Gasteiger partial charge in [0.15, 0.2) is 5.82 Å². The molecule has 8 heteroatoms. The van der Waals surface area contributed by atoms with E-state index in [1.807, 2.05) is 55.7 Å². The maximum absolute atomic E-state index is 12.4. The van der Waals surface area contributed by atoms with Crippen LogP contribution in [0.15, 0.2) is 42.7 Å². The van der Waals surface area contributed by atoms with Crippen LogP contribution in [0.25, 0.3) is 0 Å². The number of para-hydroxylation sites is 1. The number of hydrogen-bond acceptors (Lipinski definition) is 5. The van der Waals surface area contributed by atoms with Gasteiger partial charge in [-0.25, -0.2) is 0 Å². The second kappa shape index (κ2) is 7.81. The van der Waals surface area contributed by atoms with Crippen LogP contribution in [0, 0.1) is 0 Å². The Bertz CT molecular complexity index is 855. The highest BCUT2D eigenvalue weighted by Gasteiger charge is 2.19. The van der Waals surface area contributed by atoms with Crippen molar-refractivity contribution in [3.8, 4) is 5.75 Å². The first kappa shape index (κ1) is 17.7. The number of nitrogens with zero attached hydrogens (tertiary/aromatic N) is 4. The van der Waals surface area contributed by atoms with E-state index in [1.165, 1.54) is 0 Å². The number of rotatable bonds is 7. The van der Waals surface area contributed by atoms with Gasteiger partial charge in [0.25, 0.3) is 5.91 Å². The quantitative estimate of drug-likeness (QED) is 0.680. The van der Waals surface area contributed by atoms with Crippen LogP contribution in [0.1, 0.15) is 54.9 Å². The van der Waals surface area contributed by atoms with E-state index in [9.17, 15) is 4.79 Å². The predicted octanol–water partition coefficient (Wildman–Crippen LogP) is 2.65. The van der Waals surface area contributed by atoms with Crippen molar-refractivity contribution in [2.75, 3.05) is 0 Å². The average Bonchev–Trinajstić information content (AvgIpc) is 3.30. The minimum Gasteiger partial charge on any atom is -0.487 e. The Morgan fingerprint density at radius 1 is 1.27 bits per heavy atom. The molecule has 8 nitrogen and oxygen atoms in total. The highest BCUT2D eigenvalue weighted by molar-refractivity contribution is 5.92. The molecule has 0 saturated carbocycles. The molecule has 1 amide bonds. The lowest BCUT2D eigenvalue weighted by atomic mass is 10.2. The zero-order chi connectivity index (χ0) is 18.5. The number of carbonyl (C=O) groups excluding carboxylic acids is 1. The van der Waals surface area contributed by atoms with Crippen molar-refractivity contribution in [1.82, 2.24) is 30.3 Å². The number of benzene rings is 1. The molecule has 2 heterocycles. The zero-order valence-electron chi connectivity index (χ0n) is 15.0. The molecule has 1 aromatic carbocycles. The Kier molecular flexibility index (Phi) is 5.31. The van der Waals surface area contributed by atoms with Gasteiger partial charge in [-0.1, -0.05) is 18.2 Å². The lowest BCUT2D eigenvalue weighted by Gasteiger charge is -2.16. The van der Waals surface area contributed by atoms with Crippen LogP contribution in [0.2, 0.25) is 0 Å². The molecule has 2 aromatic heterocycles. The van der Waals surface area contributed by atoms with E-state index in [0.29, 0.717) is 18.1 Å². The van der Waals surface area contributed by atoms with Crippen LogP contribution in [0.5, 0.6) is 5.75 Å². The molecule has 0 bridgehead atoms. The van der Waals surface area contributed by atoms with Gasteiger partial charge in [-0.3, -0.25) is 9.89 Å². The second-order valence-electron chi connectivity index (χ2n) is 6.27. The largest absolute Gasteiger partial charge is 0.487 e. The number of H-pyrrole nitrogens is 1. The summed E-state index contributed by atoms with van der Waals surface area (Å²) in [6.45, 7) is 6.25. The molecular formula is C18H22N6O2. The van der Waals surface area contributed by atoms with Gasteiger partial charge >= 0.3 is 0 Å². The van der Waals surface area contributed by atoms with Crippen LogP contribution in [0.4, 0.5) is 0 Å². The van der Waals surface area contributed by atoms with Gasteiger partial charge in [0.05, 0.1) is 11.7 Å². The fourth-order valence-electron chi connectivity index (χ4n) is 2.52. The van der Waals surface area contributed by atoms with E-state index in [2.05, 4.69) is 25.7 Å². The smallest absolute Gasteiger partial charge is 0.272 e. The van der Waals surface area contributed by atoms with Gasteiger partial charge in [0.2, 0.25) is 0 Å². The van der Waals surface area contributed by atoms with Crippen LogP contribution in [0.3, 0.4) is 0 Å². The van der Waals surface area contributed by atoms with E-state index >= 15 is 0 Å². The van der Waals surface area contributed by atoms with E-state index in [-0.39, 0.29) is 18.0 Å². The molecule has 1 atom stereocenters. The summed E-state index contributed by atoms with van der Waals surface area (Å²) in [6, 6.07) is 11.1. The third-order valence-corrected chi connectivity index (χ3v) is 3.89. The Hall–Kier alpha value is -3.16. The third-order valence-electron chi connectivity index (χ3n) is 3.89. The van der Waals surface area contributed by atoms with Crippen molar-refractivity contribution in [1.29, 1.82) is 0 Å². The topological polar surface area (TPSA) is 97.7 Å². The van der Waals surface area contributed by atoms with Crippen LogP contribution >= 0.6 is 0 Å². The molecule has 0 aliphatic carbocycles. The summed E-state index contributed by atoms with van der Waals surface area (Å²) in [5.41, 5.74) is 1.02. The standard InChI is InChI=1S/C18H22N6O2/c1-12(2)24-11-19-23-17(24)13(3)20-18(25)16-9-14(21-22-16)10-26-15-7-5-4-6-8-15/h4-9,11-13H,10H2,1-3H3,(H,20,25)(H,21,22)/t13-/m0/s1. The molecule has 0 aliphatic heterocycles. The summed E-state index contributed by atoms with van der Waals surface area (Å²) in [6.07, 6.45) is 1.66. The SMILES string of the molecule is CC(C)n1cnnc1[C@H](C)NC(=O)c1cc(COc2ccccc2)[nH]n1. The molecule has 2 N–H and O–H groups in total. The van der Waals surface area contributed by atoms with Crippen molar-refractivity contribution >= 4 is 5.91 Å². The Balaban J connectivity index is 1.60. The second-order valence-corrected chi connectivity index (χ2v) is 6.27. The highest BCUT2D eigenvalue weighted by atomic mass is 16.5. The number of nitrogens with one attached hydrogen (secondary N) is 2. The number of ether oxygens (including phenoxy) is 1. The lowest BCUT2D eigenvalue weighted by Crippen LogP contribution is -2.29. The predicted molar refractivity (Wildman–Crippen MR) is 95.6 cm³/mol. The first-order valence-electron chi connectivity index (χ1n) is 8.47. The summed E-state index contributed by atoms with van der Waals surface area (Å²) in [5.74, 6) is 1.18. The molecule has 0 unspecified atom stereocenters. The number of aromatic nitrogens is 5. The van der Waals surface area contributed by atoms with Gasteiger partial charge < -0.3 is 14.6 Å². The van der Waals surface area contributed by atoms with Crippen molar-refractivity contribution in [2.24, 2.45) is 0 Å². The highest BCUT2D eigenvalue weighted by Crippen LogP contribution is 2.15. The first-order chi connectivity index (χ1) is 12.5. The first-order valence-corrected chi connectivity index (χ1v) is 8.47. The molecule has 136 valence electrons. The maximum Gasteiger partial charge on any atom is 0.272 e. The summed E-state index contributed by atoms with van der Waals surface area (Å²) in [5, 5.41) is 17.8. The Morgan fingerprint density at radius 2 is 2.04 bits per heavy atom. The van der Waals surface area contributed by atoms with Crippen LogP contribution in [-0.2, 0) is 6.61 Å². The van der Waals surface area contributed by atoms with Crippen LogP contribution in [-0.4, -0.2) is 30.9 Å². The molecular weight excluding hydrogens is 332 g/mol. The Labute approximate surface area is 151 Å². The fourth-order valence-corrected chi connectivity index (χ4v) is 2.52. The summed E-state index contributed by atoms with van der Waals surface area (Å²) in [7, 11) is 0. The van der Waals surface area contributed by atoms with Gasteiger partial charge in [-0.2, -0.15) is 5.10 Å². The number of amides is 1. The molecule has 0 radical (unpaired) electrons. The third kappa shape index (κ3) is 4.08. The van der Waals surface area contributed by atoms with Crippen molar-refractivity contribution in [2.45, 2.75) is 39.5 Å². The molecule has 3 aromatic rings. The van der Waals surface area contributed by atoms with Gasteiger partial charge in [-0.05, 0) is 39.0 Å². The van der Waals surface area contributed by atoms with E-state index in [1.54, 1.807) is 12.4 Å². The van der Waals surface area contributed by atoms with E-state index < -0.39 is 0 Å². The maximum atomic E-state index is 12.4. The van der Waals surface area contributed by atoms with Crippen molar-refractivity contribution < 1.29 is 9.53 Å². The molecule has 0 aliphatic rings. The summed E-state index contributed by atoms with van der Waals surface area (Å²) < 4.78 is 7.57. The molecule has 3 rings (SSSR count). The zero-order valence-corrected chi connectivity index (χ0v) is 15.0. The van der Waals surface area contributed by atoms with Crippen LogP contribution < -0.4 is 10.1 Å². The van der Waals surface area contributed by atoms with Gasteiger partial charge in [0, 0.05) is 6.04 Å². The molecule has 0 spiro atoms. The normalized spacial score (nSPS) is 12.2. The minimum atomic E-state index is -0.284. The fraction of sp³-hybridized carbons (Fsp3) is 0.333. The van der Waals surface area contributed by atoms with Gasteiger partial charge in [0.1, 0.15) is 24.4 Å². The van der Waals surface area contributed by atoms with E-state index in [4.69, 9.17) is 4.74 Å². The molecule has 0 fully saturated rings.